The van der Waals surface area contributed by atoms with E-state index in [1.807, 2.05) is 9.96 Å². The molecule has 3 rings (SSSR count). The van der Waals surface area contributed by atoms with Crippen molar-refractivity contribution in [1.82, 2.24) is 14.9 Å². The topological polar surface area (TPSA) is 45.2 Å². The van der Waals surface area contributed by atoms with E-state index in [9.17, 15) is 4.79 Å². The van der Waals surface area contributed by atoms with Crippen molar-refractivity contribution in [2.24, 2.45) is 0 Å². The molecule has 2 aliphatic heterocycles. The van der Waals surface area contributed by atoms with E-state index in [2.05, 4.69) is 25.7 Å². The first-order chi connectivity index (χ1) is 12.4. The van der Waals surface area contributed by atoms with E-state index in [1.54, 1.807) is 0 Å². The van der Waals surface area contributed by atoms with Crippen molar-refractivity contribution >= 4 is 6.09 Å². The molecule has 0 unspecified atom stereocenters. The zero-order chi connectivity index (χ0) is 18.6. The molecular formula is C20H37N3O3. The average molecular weight is 368 g/mol. The minimum Gasteiger partial charge on any atom is -0.381 e. The van der Waals surface area contributed by atoms with Gasteiger partial charge < -0.3 is 9.57 Å². The summed E-state index contributed by atoms with van der Waals surface area (Å²) < 4.78 is 5.47. The van der Waals surface area contributed by atoms with Crippen LogP contribution < -0.4 is 0 Å². The largest absolute Gasteiger partial charge is 0.429 e. The summed E-state index contributed by atoms with van der Waals surface area (Å²) in [6.45, 7) is 11.6. The van der Waals surface area contributed by atoms with Gasteiger partial charge in [0.1, 0.15) is 0 Å². The monoisotopic (exact) mass is 367 g/mol. The molecule has 0 aromatic carbocycles. The maximum atomic E-state index is 13.0. The third kappa shape index (κ3) is 5.11. The van der Waals surface area contributed by atoms with Crippen molar-refractivity contribution in [2.75, 3.05) is 39.4 Å². The molecule has 150 valence electrons. The molecule has 2 saturated heterocycles. The lowest BCUT2D eigenvalue weighted by Gasteiger charge is -2.44. The first-order valence-corrected chi connectivity index (χ1v) is 10.5. The lowest BCUT2D eigenvalue weighted by atomic mass is 9.91. The number of hydroxylamine groups is 2. The van der Waals surface area contributed by atoms with E-state index >= 15 is 0 Å². The van der Waals surface area contributed by atoms with Crippen LogP contribution >= 0.6 is 0 Å². The van der Waals surface area contributed by atoms with Gasteiger partial charge in [0.15, 0.2) is 0 Å². The van der Waals surface area contributed by atoms with Gasteiger partial charge in [-0.3, -0.25) is 9.80 Å². The third-order valence-electron chi connectivity index (χ3n) is 6.05. The van der Waals surface area contributed by atoms with Crippen molar-refractivity contribution in [3.05, 3.63) is 0 Å². The van der Waals surface area contributed by atoms with Gasteiger partial charge in [-0.05, 0) is 46.5 Å². The molecule has 0 aromatic heterocycles. The minimum atomic E-state index is -0.205. The number of carbonyl (C=O) groups is 1. The molecule has 6 heteroatoms. The number of hydrogen-bond donors (Lipinski definition) is 0. The van der Waals surface area contributed by atoms with E-state index in [1.165, 1.54) is 19.3 Å². The fourth-order valence-corrected chi connectivity index (χ4v) is 4.67. The van der Waals surface area contributed by atoms with Gasteiger partial charge in [0, 0.05) is 57.0 Å². The van der Waals surface area contributed by atoms with Crippen LogP contribution in [-0.2, 0) is 9.57 Å². The highest BCUT2D eigenvalue weighted by molar-refractivity contribution is 5.68. The Bertz CT molecular complexity index is 446. The predicted molar refractivity (Wildman–Crippen MR) is 102 cm³/mol. The Kier molecular flexibility index (Phi) is 6.81. The molecule has 3 fully saturated rings. The number of ether oxygens (including phenoxy) is 1. The maximum Gasteiger partial charge on any atom is 0.429 e. The smallest absolute Gasteiger partial charge is 0.381 e. The normalized spacial score (nSPS) is 25.2. The molecular weight excluding hydrogens is 330 g/mol. The number of carbonyl (C=O) groups excluding carboxylic acids is 1. The van der Waals surface area contributed by atoms with Crippen LogP contribution in [0.4, 0.5) is 4.79 Å². The fourth-order valence-electron chi connectivity index (χ4n) is 4.67. The van der Waals surface area contributed by atoms with Crippen molar-refractivity contribution in [3.8, 4) is 0 Å². The second-order valence-corrected chi connectivity index (χ2v) is 9.00. The Hall–Kier alpha value is -0.850. The summed E-state index contributed by atoms with van der Waals surface area (Å²) in [5.41, 5.74) is -0.205. The Morgan fingerprint density at radius 2 is 1.58 bits per heavy atom. The quantitative estimate of drug-likeness (QED) is 0.766. The van der Waals surface area contributed by atoms with Gasteiger partial charge in [0.25, 0.3) is 0 Å². The zero-order valence-corrected chi connectivity index (χ0v) is 16.9. The molecule has 1 amide bonds. The summed E-state index contributed by atoms with van der Waals surface area (Å²) in [5.74, 6) is 0. The molecule has 0 bridgehead atoms. The van der Waals surface area contributed by atoms with Crippen LogP contribution in [0.5, 0.6) is 0 Å². The second kappa shape index (κ2) is 8.89. The van der Waals surface area contributed by atoms with Crippen LogP contribution in [0.25, 0.3) is 0 Å². The Morgan fingerprint density at radius 1 is 0.962 bits per heavy atom. The lowest BCUT2D eigenvalue weighted by Crippen LogP contribution is -2.56. The van der Waals surface area contributed by atoms with Crippen molar-refractivity contribution in [3.63, 3.8) is 0 Å². The second-order valence-electron chi connectivity index (χ2n) is 9.00. The molecule has 0 aromatic rings. The summed E-state index contributed by atoms with van der Waals surface area (Å²) >= 11 is 0. The number of rotatable bonds is 3. The van der Waals surface area contributed by atoms with Crippen molar-refractivity contribution in [2.45, 2.75) is 83.3 Å². The van der Waals surface area contributed by atoms with Crippen LogP contribution in [0.1, 0.15) is 65.7 Å². The van der Waals surface area contributed by atoms with E-state index < -0.39 is 0 Å². The lowest BCUT2D eigenvalue weighted by molar-refractivity contribution is -0.148. The molecule has 3 aliphatic rings. The SMILES string of the molecule is CC(C)(C)N(C(=O)ON1CCN(C2CCOCC2)CC1)C1CCCCC1. The average Bonchev–Trinajstić information content (AvgIpc) is 2.63. The zero-order valence-electron chi connectivity index (χ0n) is 16.9. The van der Waals surface area contributed by atoms with Crippen molar-refractivity contribution < 1.29 is 14.4 Å². The van der Waals surface area contributed by atoms with Gasteiger partial charge >= 0.3 is 6.09 Å². The van der Waals surface area contributed by atoms with Gasteiger partial charge in [-0.25, -0.2) is 4.79 Å². The highest BCUT2D eigenvalue weighted by Gasteiger charge is 2.37. The predicted octanol–water partition coefficient (Wildman–Crippen LogP) is 3.27. The molecule has 0 spiro atoms. The van der Waals surface area contributed by atoms with Crippen LogP contribution in [0.3, 0.4) is 0 Å². The van der Waals surface area contributed by atoms with Gasteiger partial charge in [0.05, 0.1) is 0 Å². The molecule has 26 heavy (non-hydrogen) atoms. The molecule has 0 radical (unpaired) electrons. The summed E-state index contributed by atoms with van der Waals surface area (Å²) in [4.78, 5) is 23.3. The Balaban J connectivity index is 1.51. The van der Waals surface area contributed by atoms with Crippen molar-refractivity contribution in [1.29, 1.82) is 0 Å². The minimum absolute atomic E-state index is 0.163. The van der Waals surface area contributed by atoms with Crippen LogP contribution in [0.15, 0.2) is 0 Å². The number of hydrogen-bond acceptors (Lipinski definition) is 5. The first-order valence-electron chi connectivity index (χ1n) is 10.5. The molecule has 2 heterocycles. The van der Waals surface area contributed by atoms with Gasteiger partial charge in [-0.15, -0.1) is 5.06 Å². The summed E-state index contributed by atoms with van der Waals surface area (Å²) in [7, 11) is 0. The van der Waals surface area contributed by atoms with Gasteiger partial charge in [0.2, 0.25) is 0 Å². The molecule has 0 atom stereocenters. The summed E-state index contributed by atoms with van der Waals surface area (Å²) in [5, 5.41) is 1.87. The Labute approximate surface area is 158 Å². The van der Waals surface area contributed by atoms with Gasteiger partial charge in [-0.2, -0.15) is 0 Å². The standard InChI is InChI=1S/C20H37N3O3/c1-20(2,3)23(18-7-5-4-6-8-18)19(24)26-22-13-11-21(12-14-22)17-9-15-25-16-10-17/h17-18H,4-16H2,1-3H3. The van der Waals surface area contributed by atoms with Gasteiger partial charge in [-0.1, -0.05) is 19.3 Å². The molecule has 1 saturated carbocycles. The summed E-state index contributed by atoms with van der Waals surface area (Å²) in [6.07, 6.45) is 8.01. The number of piperazine rings is 1. The van der Waals surface area contributed by atoms with E-state index in [-0.39, 0.29) is 11.6 Å². The van der Waals surface area contributed by atoms with E-state index in [0.29, 0.717) is 12.1 Å². The summed E-state index contributed by atoms with van der Waals surface area (Å²) in [6, 6.07) is 0.953. The number of nitrogens with zero attached hydrogens (tertiary/aromatic N) is 3. The van der Waals surface area contributed by atoms with E-state index in [4.69, 9.17) is 9.57 Å². The third-order valence-corrected chi connectivity index (χ3v) is 6.05. The fraction of sp³-hybridized carbons (Fsp3) is 0.950. The molecule has 6 nitrogen and oxygen atoms in total. The molecule has 0 N–H and O–H groups in total. The first kappa shape index (κ1) is 19.9. The molecule has 1 aliphatic carbocycles. The van der Waals surface area contributed by atoms with E-state index in [0.717, 1.165) is 65.1 Å². The maximum absolute atomic E-state index is 13.0. The number of amides is 1. The highest BCUT2D eigenvalue weighted by atomic mass is 16.7. The highest BCUT2D eigenvalue weighted by Crippen LogP contribution is 2.29. The van der Waals surface area contributed by atoms with Crippen LogP contribution in [0, 0.1) is 0 Å². The Morgan fingerprint density at radius 3 is 2.15 bits per heavy atom. The van der Waals surface area contributed by atoms with Crippen LogP contribution in [0.2, 0.25) is 0 Å². The van der Waals surface area contributed by atoms with Crippen LogP contribution in [-0.4, -0.2) is 78.0 Å².